The van der Waals surface area contributed by atoms with Gasteiger partial charge in [-0.15, -0.1) is 0 Å². The zero-order valence-electron chi connectivity index (χ0n) is 6.04. The third-order valence-electron chi connectivity index (χ3n) is 1.64. The summed E-state index contributed by atoms with van der Waals surface area (Å²) in [7, 11) is 0. The van der Waals surface area contributed by atoms with E-state index in [1.807, 2.05) is 0 Å². The van der Waals surface area contributed by atoms with Gasteiger partial charge in [-0.2, -0.15) is 0 Å². The van der Waals surface area contributed by atoms with Crippen molar-refractivity contribution in [3.05, 3.63) is 29.8 Å². The Bertz CT molecular complexity index is 436. The average molecular weight is 164 g/mol. The lowest BCUT2D eigenvalue weighted by Crippen LogP contribution is -1.84. The summed E-state index contributed by atoms with van der Waals surface area (Å²) in [5, 5.41) is 0. The summed E-state index contributed by atoms with van der Waals surface area (Å²) in [5.74, 6) is -0.476. The van der Waals surface area contributed by atoms with Crippen LogP contribution in [-0.2, 0) is 0 Å². The van der Waals surface area contributed by atoms with Crippen LogP contribution in [0.25, 0.3) is 11.0 Å². The number of hydrogen-bond acceptors (Lipinski definition) is 2. The first-order valence-corrected chi connectivity index (χ1v) is 3.39. The SMILES string of the molecule is O=Cc1cc(F)c2nc[nH]c2c1. The molecule has 1 heterocycles. The van der Waals surface area contributed by atoms with Gasteiger partial charge in [0.05, 0.1) is 11.8 Å². The van der Waals surface area contributed by atoms with E-state index in [0.717, 1.165) is 6.07 Å². The Morgan fingerprint density at radius 1 is 1.50 bits per heavy atom. The van der Waals surface area contributed by atoms with Gasteiger partial charge in [-0.1, -0.05) is 0 Å². The molecule has 0 amide bonds. The summed E-state index contributed by atoms with van der Waals surface area (Å²) in [5.41, 5.74) is 1.11. The van der Waals surface area contributed by atoms with Crippen LogP contribution in [0.15, 0.2) is 18.5 Å². The van der Waals surface area contributed by atoms with E-state index in [2.05, 4.69) is 9.97 Å². The zero-order chi connectivity index (χ0) is 8.55. The Kier molecular flexibility index (Phi) is 1.40. The highest BCUT2D eigenvalue weighted by atomic mass is 19.1. The summed E-state index contributed by atoms with van der Waals surface area (Å²) in [6.45, 7) is 0. The summed E-state index contributed by atoms with van der Waals surface area (Å²) >= 11 is 0. The molecular formula is C8H5FN2O. The van der Waals surface area contributed by atoms with E-state index >= 15 is 0 Å². The van der Waals surface area contributed by atoms with Gasteiger partial charge in [-0.3, -0.25) is 4.79 Å². The van der Waals surface area contributed by atoms with Crippen molar-refractivity contribution in [3.8, 4) is 0 Å². The first kappa shape index (κ1) is 6.97. The molecule has 4 heteroatoms. The highest BCUT2D eigenvalue weighted by molar-refractivity contribution is 5.84. The van der Waals surface area contributed by atoms with Crippen molar-refractivity contribution >= 4 is 17.3 Å². The lowest BCUT2D eigenvalue weighted by Gasteiger charge is -1.92. The second kappa shape index (κ2) is 2.41. The molecule has 0 saturated carbocycles. The number of rotatable bonds is 1. The highest BCUT2D eigenvalue weighted by Crippen LogP contribution is 2.14. The molecule has 2 rings (SSSR count). The lowest BCUT2D eigenvalue weighted by atomic mass is 10.2. The number of aromatic amines is 1. The van der Waals surface area contributed by atoms with Crippen molar-refractivity contribution in [2.45, 2.75) is 0 Å². The Labute approximate surface area is 67.2 Å². The average Bonchev–Trinajstić information content (AvgIpc) is 2.52. The van der Waals surface area contributed by atoms with E-state index in [-0.39, 0.29) is 5.52 Å². The topological polar surface area (TPSA) is 45.8 Å². The quantitative estimate of drug-likeness (QED) is 0.649. The minimum atomic E-state index is -0.476. The Hall–Kier alpha value is -1.71. The molecule has 0 saturated heterocycles. The summed E-state index contributed by atoms with van der Waals surface area (Å²) in [6.07, 6.45) is 1.99. The predicted molar refractivity (Wildman–Crippen MR) is 41.4 cm³/mol. The number of carbonyl (C=O) groups is 1. The van der Waals surface area contributed by atoms with Crippen LogP contribution in [0.1, 0.15) is 10.4 Å². The molecule has 1 N–H and O–H groups in total. The molecule has 0 unspecified atom stereocenters. The minimum absolute atomic E-state index is 0.264. The van der Waals surface area contributed by atoms with E-state index in [4.69, 9.17) is 0 Å². The monoisotopic (exact) mass is 164 g/mol. The minimum Gasteiger partial charge on any atom is -0.344 e. The van der Waals surface area contributed by atoms with Crippen molar-refractivity contribution in [3.63, 3.8) is 0 Å². The fourth-order valence-corrected chi connectivity index (χ4v) is 1.10. The molecule has 0 aliphatic heterocycles. The van der Waals surface area contributed by atoms with Crippen LogP contribution in [-0.4, -0.2) is 16.3 Å². The van der Waals surface area contributed by atoms with Gasteiger partial charge < -0.3 is 4.98 Å². The maximum Gasteiger partial charge on any atom is 0.151 e. The number of nitrogens with one attached hydrogen (secondary N) is 1. The summed E-state index contributed by atoms with van der Waals surface area (Å²) < 4.78 is 13.0. The number of fused-ring (bicyclic) bond motifs is 1. The molecule has 60 valence electrons. The van der Waals surface area contributed by atoms with Gasteiger partial charge in [0.25, 0.3) is 0 Å². The molecule has 0 radical (unpaired) electrons. The third-order valence-corrected chi connectivity index (χ3v) is 1.64. The van der Waals surface area contributed by atoms with Crippen molar-refractivity contribution in [2.75, 3.05) is 0 Å². The molecule has 0 aliphatic rings. The Morgan fingerprint density at radius 3 is 3.08 bits per heavy atom. The molecule has 0 atom stereocenters. The second-order valence-electron chi connectivity index (χ2n) is 2.42. The van der Waals surface area contributed by atoms with E-state index in [9.17, 15) is 9.18 Å². The zero-order valence-corrected chi connectivity index (χ0v) is 6.04. The smallest absolute Gasteiger partial charge is 0.151 e. The van der Waals surface area contributed by atoms with Crippen LogP contribution in [0.4, 0.5) is 4.39 Å². The van der Waals surface area contributed by atoms with E-state index in [1.54, 1.807) is 6.07 Å². The number of benzene rings is 1. The number of imidazole rings is 1. The molecule has 3 nitrogen and oxygen atoms in total. The fourth-order valence-electron chi connectivity index (χ4n) is 1.10. The van der Waals surface area contributed by atoms with Crippen LogP contribution in [0, 0.1) is 5.82 Å². The van der Waals surface area contributed by atoms with Crippen LogP contribution in [0.3, 0.4) is 0 Å². The first-order chi connectivity index (χ1) is 5.81. The van der Waals surface area contributed by atoms with Crippen LogP contribution in [0.2, 0.25) is 0 Å². The third kappa shape index (κ3) is 0.887. The number of aldehydes is 1. The number of aromatic nitrogens is 2. The van der Waals surface area contributed by atoms with Crippen LogP contribution in [0.5, 0.6) is 0 Å². The number of carbonyl (C=O) groups excluding carboxylic acids is 1. The standard InChI is InChI=1S/C8H5FN2O/c9-6-1-5(3-12)2-7-8(6)11-4-10-7/h1-4H,(H,10,11). The number of H-pyrrole nitrogens is 1. The lowest BCUT2D eigenvalue weighted by molar-refractivity contribution is 0.112. The number of halogens is 1. The highest BCUT2D eigenvalue weighted by Gasteiger charge is 2.04. The van der Waals surface area contributed by atoms with E-state index < -0.39 is 5.82 Å². The van der Waals surface area contributed by atoms with Gasteiger partial charge in [-0.05, 0) is 12.1 Å². The van der Waals surface area contributed by atoms with Gasteiger partial charge >= 0.3 is 0 Å². The van der Waals surface area contributed by atoms with Gasteiger partial charge in [0.1, 0.15) is 11.8 Å². The molecule has 2 aromatic rings. The maximum absolute atomic E-state index is 13.0. The summed E-state index contributed by atoms with van der Waals surface area (Å²) in [6, 6.07) is 2.72. The van der Waals surface area contributed by atoms with Crippen molar-refractivity contribution in [1.29, 1.82) is 0 Å². The van der Waals surface area contributed by atoms with Crippen LogP contribution < -0.4 is 0 Å². The Morgan fingerprint density at radius 2 is 2.33 bits per heavy atom. The number of nitrogens with zero attached hydrogens (tertiary/aromatic N) is 1. The molecule has 1 aromatic carbocycles. The van der Waals surface area contributed by atoms with Gasteiger partial charge in [0.15, 0.2) is 5.82 Å². The molecule has 0 bridgehead atoms. The predicted octanol–water partition coefficient (Wildman–Crippen LogP) is 1.51. The van der Waals surface area contributed by atoms with E-state index in [0.29, 0.717) is 17.4 Å². The Balaban J connectivity index is 2.83. The van der Waals surface area contributed by atoms with Crippen molar-refractivity contribution in [1.82, 2.24) is 9.97 Å². The van der Waals surface area contributed by atoms with Gasteiger partial charge in [0, 0.05) is 5.56 Å². The molecule has 0 spiro atoms. The van der Waals surface area contributed by atoms with Crippen molar-refractivity contribution < 1.29 is 9.18 Å². The molecule has 0 aliphatic carbocycles. The molecule has 12 heavy (non-hydrogen) atoms. The second-order valence-corrected chi connectivity index (χ2v) is 2.42. The molecular weight excluding hydrogens is 159 g/mol. The van der Waals surface area contributed by atoms with E-state index in [1.165, 1.54) is 6.33 Å². The summed E-state index contributed by atoms with van der Waals surface area (Å²) in [4.78, 5) is 16.8. The first-order valence-electron chi connectivity index (χ1n) is 3.39. The number of hydrogen-bond donors (Lipinski definition) is 1. The van der Waals surface area contributed by atoms with Gasteiger partial charge in [-0.25, -0.2) is 9.37 Å². The van der Waals surface area contributed by atoms with Crippen LogP contribution >= 0.6 is 0 Å². The molecule has 1 aromatic heterocycles. The fraction of sp³-hybridized carbons (Fsp3) is 0. The van der Waals surface area contributed by atoms with Crippen molar-refractivity contribution in [2.24, 2.45) is 0 Å². The maximum atomic E-state index is 13.0. The van der Waals surface area contributed by atoms with Gasteiger partial charge in [0.2, 0.25) is 0 Å². The molecule has 0 fully saturated rings. The largest absolute Gasteiger partial charge is 0.344 e. The normalized spacial score (nSPS) is 10.4.